The van der Waals surface area contributed by atoms with Gasteiger partial charge < -0.3 is 0 Å². The molecule has 0 aliphatic heterocycles. The molecule has 0 bridgehead atoms. The maximum absolute atomic E-state index is 4.36. The Kier molecular flexibility index (Phi) is 3.73. The lowest BCUT2D eigenvalue weighted by molar-refractivity contribution is 0.680. The van der Waals surface area contributed by atoms with Gasteiger partial charge in [-0.3, -0.25) is 4.99 Å². The molecule has 66 valence electrons. The lowest BCUT2D eigenvalue weighted by atomic mass is 9.94. The minimum Gasteiger partial charge on any atom is -0.261 e. The zero-order chi connectivity index (χ0) is 8.97. The predicted octanol–water partition coefficient (Wildman–Crippen LogP) is 3.67. The first-order valence-electron chi connectivity index (χ1n) is 4.29. The molecule has 0 spiro atoms. The second-order valence-electron chi connectivity index (χ2n) is 3.07. The van der Waals surface area contributed by atoms with E-state index in [1.807, 2.05) is 19.2 Å². The lowest BCUT2D eigenvalue weighted by Gasteiger charge is -2.16. The molecule has 1 nitrogen and oxygen atoms in total. The first-order valence-corrected chi connectivity index (χ1v) is 5.08. The van der Waals surface area contributed by atoms with Crippen LogP contribution in [0.25, 0.3) is 0 Å². The first kappa shape index (κ1) is 9.72. The topological polar surface area (TPSA) is 12.4 Å². The van der Waals surface area contributed by atoms with Gasteiger partial charge in [0, 0.05) is 11.9 Å². The van der Waals surface area contributed by atoms with Crippen LogP contribution in [-0.4, -0.2) is 5.71 Å². The van der Waals surface area contributed by atoms with E-state index in [-0.39, 0.29) is 0 Å². The van der Waals surface area contributed by atoms with E-state index >= 15 is 0 Å². The highest BCUT2D eigenvalue weighted by molar-refractivity contribution is 9.11. The standard InChI is InChI=1S/C10H14BrN/c1-3-6-12-10-7-9(11)5-4-8(10)2/h3,6-8H,4-5H2,1-2H3/b6-3-,12-10?. The van der Waals surface area contributed by atoms with E-state index in [1.54, 1.807) is 0 Å². The Morgan fingerprint density at radius 1 is 1.67 bits per heavy atom. The quantitative estimate of drug-likeness (QED) is 0.649. The zero-order valence-electron chi connectivity index (χ0n) is 7.55. The van der Waals surface area contributed by atoms with E-state index in [9.17, 15) is 0 Å². The van der Waals surface area contributed by atoms with Crippen molar-refractivity contribution >= 4 is 21.6 Å². The number of aliphatic imine (C=N–C) groups is 1. The third-order valence-corrected chi connectivity index (χ3v) is 2.62. The summed E-state index contributed by atoms with van der Waals surface area (Å²) in [6.45, 7) is 4.20. The molecule has 0 amide bonds. The van der Waals surface area contributed by atoms with Crippen LogP contribution in [0.15, 0.2) is 27.8 Å². The molecule has 0 aromatic rings. The van der Waals surface area contributed by atoms with Gasteiger partial charge in [-0.25, -0.2) is 0 Å². The van der Waals surface area contributed by atoms with Gasteiger partial charge in [-0.1, -0.05) is 28.9 Å². The highest BCUT2D eigenvalue weighted by Gasteiger charge is 2.13. The molecule has 0 saturated heterocycles. The minimum atomic E-state index is 0.600. The van der Waals surface area contributed by atoms with Gasteiger partial charge in [0.2, 0.25) is 0 Å². The molecular formula is C10H14BrN. The van der Waals surface area contributed by atoms with Gasteiger partial charge in [0.15, 0.2) is 0 Å². The van der Waals surface area contributed by atoms with Gasteiger partial charge in [-0.15, -0.1) is 0 Å². The average molecular weight is 228 g/mol. The third kappa shape index (κ3) is 2.59. The molecule has 0 saturated carbocycles. The molecule has 0 aromatic carbocycles. The van der Waals surface area contributed by atoms with E-state index in [0.717, 1.165) is 6.42 Å². The van der Waals surface area contributed by atoms with Crippen LogP contribution < -0.4 is 0 Å². The van der Waals surface area contributed by atoms with Crippen molar-refractivity contribution in [3.8, 4) is 0 Å². The van der Waals surface area contributed by atoms with Crippen LogP contribution >= 0.6 is 15.9 Å². The number of hydrogen-bond donors (Lipinski definition) is 0. The maximum atomic E-state index is 4.36. The largest absolute Gasteiger partial charge is 0.261 e. The minimum absolute atomic E-state index is 0.600. The summed E-state index contributed by atoms with van der Waals surface area (Å²) in [7, 11) is 0. The fraction of sp³-hybridized carbons (Fsp3) is 0.500. The summed E-state index contributed by atoms with van der Waals surface area (Å²) < 4.78 is 1.27. The summed E-state index contributed by atoms with van der Waals surface area (Å²) in [6.07, 6.45) is 8.29. The van der Waals surface area contributed by atoms with Crippen LogP contribution in [0.4, 0.5) is 0 Å². The zero-order valence-corrected chi connectivity index (χ0v) is 9.13. The van der Waals surface area contributed by atoms with Crippen molar-refractivity contribution in [2.45, 2.75) is 26.7 Å². The SMILES string of the molecule is C/C=C\N=C1C=C(Br)CCC1C. The molecule has 0 radical (unpaired) electrons. The number of halogens is 1. The Labute approximate surface area is 82.4 Å². The fourth-order valence-corrected chi connectivity index (χ4v) is 1.67. The molecule has 0 fully saturated rings. The number of allylic oxidation sites excluding steroid dienone is 3. The van der Waals surface area contributed by atoms with Crippen LogP contribution in [0.5, 0.6) is 0 Å². The van der Waals surface area contributed by atoms with Crippen LogP contribution in [0.3, 0.4) is 0 Å². The van der Waals surface area contributed by atoms with Gasteiger partial charge in [0.05, 0.1) is 0 Å². The Morgan fingerprint density at radius 2 is 2.42 bits per heavy atom. The van der Waals surface area contributed by atoms with Crippen molar-refractivity contribution in [2.75, 3.05) is 0 Å². The van der Waals surface area contributed by atoms with Crippen molar-refractivity contribution in [3.05, 3.63) is 22.8 Å². The highest BCUT2D eigenvalue weighted by atomic mass is 79.9. The monoisotopic (exact) mass is 227 g/mol. The van der Waals surface area contributed by atoms with Crippen molar-refractivity contribution in [2.24, 2.45) is 10.9 Å². The first-order chi connectivity index (χ1) is 5.74. The van der Waals surface area contributed by atoms with E-state index in [1.165, 1.54) is 16.6 Å². The number of rotatable bonds is 1. The molecule has 1 aliphatic carbocycles. The maximum Gasteiger partial charge on any atom is 0.0439 e. The molecule has 1 aliphatic rings. The third-order valence-electron chi connectivity index (χ3n) is 2.00. The summed E-state index contributed by atoms with van der Waals surface area (Å²) in [5.41, 5.74) is 1.19. The van der Waals surface area contributed by atoms with Crippen LogP contribution in [-0.2, 0) is 0 Å². The van der Waals surface area contributed by atoms with Crippen LogP contribution in [0.1, 0.15) is 26.7 Å². The molecule has 1 atom stereocenters. The number of hydrogen-bond acceptors (Lipinski definition) is 1. The van der Waals surface area contributed by atoms with Crippen molar-refractivity contribution in [1.29, 1.82) is 0 Å². The molecule has 0 aromatic heterocycles. The summed E-state index contributed by atoms with van der Waals surface area (Å²) in [4.78, 5) is 4.36. The van der Waals surface area contributed by atoms with E-state index in [2.05, 4.69) is 33.9 Å². The van der Waals surface area contributed by atoms with Gasteiger partial charge >= 0.3 is 0 Å². The molecule has 0 N–H and O–H groups in total. The van der Waals surface area contributed by atoms with Crippen molar-refractivity contribution < 1.29 is 0 Å². The van der Waals surface area contributed by atoms with E-state index < -0.39 is 0 Å². The molecular weight excluding hydrogens is 214 g/mol. The van der Waals surface area contributed by atoms with Crippen molar-refractivity contribution in [1.82, 2.24) is 0 Å². The summed E-state index contributed by atoms with van der Waals surface area (Å²) >= 11 is 3.50. The molecule has 12 heavy (non-hydrogen) atoms. The van der Waals surface area contributed by atoms with Crippen LogP contribution in [0, 0.1) is 5.92 Å². The van der Waals surface area contributed by atoms with Crippen LogP contribution in [0.2, 0.25) is 0 Å². The lowest BCUT2D eigenvalue weighted by Crippen LogP contribution is -2.12. The molecule has 2 heteroatoms. The second kappa shape index (κ2) is 4.61. The van der Waals surface area contributed by atoms with Gasteiger partial charge in [-0.2, -0.15) is 0 Å². The average Bonchev–Trinajstić information content (AvgIpc) is 2.07. The van der Waals surface area contributed by atoms with E-state index in [4.69, 9.17) is 0 Å². The Bertz CT molecular complexity index is 238. The summed E-state index contributed by atoms with van der Waals surface area (Å²) in [5, 5.41) is 0. The molecule has 1 rings (SSSR count). The van der Waals surface area contributed by atoms with Gasteiger partial charge in [0.25, 0.3) is 0 Å². The predicted molar refractivity (Wildman–Crippen MR) is 57.7 cm³/mol. The number of nitrogens with zero attached hydrogens (tertiary/aromatic N) is 1. The molecule has 1 unspecified atom stereocenters. The van der Waals surface area contributed by atoms with Gasteiger partial charge in [0.1, 0.15) is 0 Å². The normalized spacial score (nSPS) is 28.1. The molecule has 0 heterocycles. The summed E-state index contributed by atoms with van der Waals surface area (Å²) in [5.74, 6) is 0.600. The Balaban J connectivity index is 2.79. The second-order valence-corrected chi connectivity index (χ2v) is 4.09. The Morgan fingerprint density at radius 3 is 3.08 bits per heavy atom. The van der Waals surface area contributed by atoms with Crippen molar-refractivity contribution in [3.63, 3.8) is 0 Å². The van der Waals surface area contributed by atoms with Gasteiger partial charge in [-0.05, 0) is 36.2 Å². The highest BCUT2D eigenvalue weighted by Crippen LogP contribution is 2.24. The summed E-state index contributed by atoms with van der Waals surface area (Å²) in [6, 6.07) is 0. The Hall–Kier alpha value is -0.370. The van der Waals surface area contributed by atoms with E-state index in [0.29, 0.717) is 5.92 Å². The fourth-order valence-electron chi connectivity index (χ4n) is 1.20. The smallest absolute Gasteiger partial charge is 0.0439 e.